The topological polar surface area (TPSA) is 67.3 Å². The van der Waals surface area contributed by atoms with Gasteiger partial charge in [-0.25, -0.2) is 9.97 Å². The van der Waals surface area contributed by atoms with E-state index in [1.54, 1.807) is 24.4 Å². The van der Waals surface area contributed by atoms with E-state index < -0.39 is 0 Å². The molecular formula is C18H21ClN4O2. The Morgan fingerprint density at radius 2 is 2.04 bits per heavy atom. The van der Waals surface area contributed by atoms with Crippen LogP contribution in [0.2, 0.25) is 5.02 Å². The van der Waals surface area contributed by atoms with Gasteiger partial charge < -0.3 is 15.0 Å². The highest BCUT2D eigenvalue weighted by Crippen LogP contribution is 2.31. The molecule has 6 nitrogen and oxygen atoms in total. The van der Waals surface area contributed by atoms with E-state index in [4.69, 9.17) is 16.3 Å². The van der Waals surface area contributed by atoms with Gasteiger partial charge in [-0.1, -0.05) is 11.6 Å². The van der Waals surface area contributed by atoms with Crippen LogP contribution in [0, 0.1) is 6.92 Å². The van der Waals surface area contributed by atoms with E-state index in [2.05, 4.69) is 20.2 Å². The maximum atomic E-state index is 12.6. The van der Waals surface area contributed by atoms with Crippen molar-refractivity contribution < 1.29 is 9.53 Å². The number of hydrogen-bond acceptors (Lipinski definition) is 5. The van der Waals surface area contributed by atoms with Crippen LogP contribution in [0.25, 0.3) is 0 Å². The lowest BCUT2D eigenvalue weighted by atomic mass is 10.1. The SMILES string of the molecule is COc1cc(Cl)c(C)cc1NC(=O)c1ccnc(N2CCCCC2)n1. The molecule has 1 fully saturated rings. The van der Waals surface area contributed by atoms with Gasteiger partial charge in [-0.3, -0.25) is 4.79 Å². The van der Waals surface area contributed by atoms with Crippen molar-refractivity contribution in [1.82, 2.24) is 9.97 Å². The molecule has 7 heteroatoms. The molecule has 132 valence electrons. The van der Waals surface area contributed by atoms with Gasteiger partial charge >= 0.3 is 0 Å². The van der Waals surface area contributed by atoms with E-state index in [1.807, 2.05) is 6.92 Å². The summed E-state index contributed by atoms with van der Waals surface area (Å²) in [6.45, 7) is 3.72. The van der Waals surface area contributed by atoms with E-state index >= 15 is 0 Å². The Labute approximate surface area is 152 Å². The number of nitrogens with one attached hydrogen (secondary N) is 1. The standard InChI is InChI=1S/C18H21ClN4O2/c1-12-10-15(16(25-2)11-13(12)19)21-17(24)14-6-7-20-18(22-14)23-8-4-3-5-9-23/h6-7,10-11H,3-5,8-9H2,1-2H3,(H,21,24). The summed E-state index contributed by atoms with van der Waals surface area (Å²) in [6, 6.07) is 5.08. The molecule has 1 aromatic carbocycles. The van der Waals surface area contributed by atoms with E-state index in [1.165, 1.54) is 13.5 Å². The van der Waals surface area contributed by atoms with E-state index in [0.717, 1.165) is 31.5 Å². The summed E-state index contributed by atoms with van der Waals surface area (Å²) < 4.78 is 5.30. The van der Waals surface area contributed by atoms with Gasteiger partial charge in [0.15, 0.2) is 0 Å². The van der Waals surface area contributed by atoms with Crippen molar-refractivity contribution in [3.63, 3.8) is 0 Å². The third kappa shape index (κ3) is 4.02. The van der Waals surface area contributed by atoms with Crippen molar-refractivity contribution in [1.29, 1.82) is 0 Å². The van der Waals surface area contributed by atoms with Crippen LogP contribution < -0.4 is 15.0 Å². The Bertz CT molecular complexity index is 776. The number of amides is 1. The lowest BCUT2D eigenvalue weighted by Crippen LogP contribution is -2.31. The number of anilines is 2. The number of halogens is 1. The maximum absolute atomic E-state index is 12.6. The molecule has 25 heavy (non-hydrogen) atoms. The van der Waals surface area contributed by atoms with Crippen LogP contribution >= 0.6 is 11.6 Å². The third-order valence-electron chi connectivity index (χ3n) is 4.24. The summed E-state index contributed by atoms with van der Waals surface area (Å²) in [6.07, 6.45) is 5.10. The van der Waals surface area contributed by atoms with Crippen LogP contribution in [0.3, 0.4) is 0 Å². The first-order valence-electron chi connectivity index (χ1n) is 8.32. The molecule has 1 aliphatic rings. The average Bonchev–Trinajstić information content (AvgIpc) is 2.65. The van der Waals surface area contributed by atoms with Gasteiger partial charge in [-0.15, -0.1) is 0 Å². The molecule has 1 aliphatic heterocycles. The highest BCUT2D eigenvalue weighted by molar-refractivity contribution is 6.31. The highest BCUT2D eigenvalue weighted by atomic mass is 35.5. The highest BCUT2D eigenvalue weighted by Gasteiger charge is 2.17. The number of piperidine rings is 1. The first-order valence-corrected chi connectivity index (χ1v) is 8.70. The van der Waals surface area contributed by atoms with Gasteiger partial charge in [-0.2, -0.15) is 0 Å². The summed E-state index contributed by atoms with van der Waals surface area (Å²) in [5.41, 5.74) is 1.74. The molecule has 2 heterocycles. The van der Waals surface area contributed by atoms with Crippen molar-refractivity contribution in [3.05, 3.63) is 40.7 Å². The Hall–Kier alpha value is -2.34. The van der Waals surface area contributed by atoms with Crippen LogP contribution in [0.4, 0.5) is 11.6 Å². The van der Waals surface area contributed by atoms with Gasteiger partial charge in [0.25, 0.3) is 5.91 Å². The predicted octanol–water partition coefficient (Wildman–Crippen LogP) is 3.69. The molecule has 0 unspecified atom stereocenters. The molecule has 1 N–H and O–H groups in total. The summed E-state index contributed by atoms with van der Waals surface area (Å²) in [5, 5.41) is 3.43. The molecular weight excluding hydrogens is 340 g/mol. The Kier molecular flexibility index (Phi) is 5.38. The fraction of sp³-hybridized carbons (Fsp3) is 0.389. The summed E-state index contributed by atoms with van der Waals surface area (Å²) in [4.78, 5) is 23.5. The molecule has 0 atom stereocenters. The van der Waals surface area contributed by atoms with Crippen LogP contribution in [0.1, 0.15) is 35.3 Å². The lowest BCUT2D eigenvalue weighted by molar-refractivity contribution is 0.102. The van der Waals surface area contributed by atoms with Crippen LogP contribution in [0.15, 0.2) is 24.4 Å². The Morgan fingerprint density at radius 1 is 1.28 bits per heavy atom. The predicted molar refractivity (Wildman–Crippen MR) is 98.8 cm³/mol. The molecule has 0 spiro atoms. The number of hydrogen-bond donors (Lipinski definition) is 1. The van der Waals surface area contributed by atoms with Crippen molar-refractivity contribution in [2.24, 2.45) is 0 Å². The first kappa shape index (κ1) is 17.5. The summed E-state index contributed by atoms with van der Waals surface area (Å²) >= 11 is 6.11. The fourth-order valence-corrected chi connectivity index (χ4v) is 2.99. The molecule has 0 aliphatic carbocycles. The van der Waals surface area contributed by atoms with E-state index in [0.29, 0.717) is 28.1 Å². The van der Waals surface area contributed by atoms with Crippen LogP contribution in [-0.2, 0) is 0 Å². The minimum Gasteiger partial charge on any atom is -0.495 e. The van der Waals surface area contributed by atoms with Gasteiger partial charge in [0.2, 0.25) is 5.95 Å². The molecule has 1 saturated heterocycles. The number of methoxy groups -OCH3 is 1. The average molecular weight is 361 g/mol. The number of nitrogens with zero attached hydrogens (tertiary/aromatic N) is 3. The quantitative estimate of drug-likeness (QED) is 0.900. The Balaban J connectivity index is 1.81. The maximum Gasteiger partial charge on any atom is 0.274 e. The molecule has 0 saturated carbocycles. The zero-order valence-electron chi connectivity index (χ0n) is 14.4. The Morgan fingerprint density at radius 3 is 2.76 bits per heavy atom. The second-order valence-electron chi connectivity index (χ2n) is 6.05. The van der Waals surface area contributed by atoms with Gasteiger partial charge in [0.05, 0.1) is 12.8 Å². The number of ether oxygens (including phenoxy) is 1. The van der Waals surface area contributed by atoms with Crippen molar-refractivity contribution in [3.8, 4) is 5.75 Å². The van der Waals surface area contributed by atoms with Crippen molar-refractivity contribution in [2.45, 2.75) is 26.2 Å². The summed E-state index contributed by atoms with van der Waals surface area (Å²) in [7, 11) is 1.54. The zero-order chi connectivity index (χ0) is 17.8. The lowest BCUT2D eigenvalue weighted by Gasteiger charge is -2.26. The molecule has 1 amide bonds. The second-order valence-corrected chi connectivity index (χ2v) is 6.45. The smallest absolute Gasteiger partial charge is 0.274 e. The fourth-order valence-electron chi connectivity index (χ4n) is 2.84. The summed E-state index contributed by atoms with van der Waals surface area (Å²) in [5.74, 6) is 0.807. The van der Waals surface area contributed by atoms with E-state index in [-0.39, 0.29) is 5.91 Å². The zero-order valence-corrected chi connectivity index (χ0v) is 15.1. The normalized spacial score (nSPS) is 14.3. The van der Waals surface area contributed by atoms with E-state index in [9.17, 15) is 4.79 Å². The minimum absolute atomic E-state index is 0.305. The molecule has 2 aromatic rings. The second kappa shape index (κ2) is 7.70. The number of carbonyl (C=O) groups excluding carboxylic acids is 1. The van der Waals surface area contributed by atoms with Crippen molar-refractivity contribution in [2.75, 3.05) is 30.4 Å². The largest absolute Gasteiger partial charge is 0.495 e. The number of rotatable bonds is 4. The third-order valence-corrected chi connectivity index (χ3v) is 4.65. The van der Waals surface area contributed by atoms with Gasteiger partial charge in [0.1, 0.15) is 11.4 Å². The van der Waals surface area contributed by atoms with Crippen LogP contribution in [-0.4, -0.2) is 36.1 Å². The number of aromatic nitrogens is 2. The van der Waals surface area contributed by atoms with Gasteiger partial charge in [0, 0.05) is 30.4 Å². The molecule has 1 aromatic heterocycles. The number of aryl methyl sites for hydroxylation is 1. The van der Waals surface area contributed by atoms with Crippen molar-refractivity contribution >= 4 is 29.1 Å². The first-order chi connectivity index (χ1) is 12.1. The van der Waals surface area contributed by atoms with Gasteiger partial charge in [-0.05, 0) is 43.9 Å². The monoisotopic (exact) mass is 360 g/mol. The molecule has 3 rings (SSSR count). The molecule has 0 bridgehead atoms. The molecule has 0 radical (unpaired) electrons. The number of benzene rings is 1. The van der Waals surface area contributed by atoms with Crippen LogP contribution in [0.5, 0.6) is 5.75 Å². The minimum atomic E-state index is -0.305. The number of carbonyl (C=O) groups is 1.